The molecule has 0 saturated carbocycles. The van der Waals surface area contributed by atoms with Crippen molar-refractivity contribution >= 4 is 23.4 Å². The molecule has 0 bridgehead atoms. The Kier molecular flexibility index (Phi) is 7.73. The lowest BCUT2D eigenvalue weighted by Gasteiger charge is -2.24. The predicted molar refractivity (Wildman–Crippen MR) is 118 cm³/mol. The molecule has 0 heterocycles. The summed E-state index contributed by atoms with van der Waals surface area (Å²) >= 11 is 1.70. The fourth-order valence-electron chi connectivity index (χ4n) is 3.04. The van der Waals surface area contributed by atoms with Crippen LogP contribution < -0.4 is 4.74 Å². The molecule has 6 heteroatoms. The Morgan fingerprint density at radius 1 is 1.14 bits per heavy atom. The molecule has 0 aliphatic rings. The number of carbonyl (C=O) groups is 1. The van der Waals surface area contributed by atoms with E-state index in [1.807, 2.05) is 26.0 Å². The van der Waals surface area contributed by atoms with E-state index in [2.05, 4.69) is 35.7 Å². The minimum Gasteiger partial charge on any atom is -0.478 e. The lowest BCUT2D eigenvalue weighted by atomic mass is 9.98. The number of carboxylic acids is 1. The number of rotatable bonds is 9. The maximum atomic E-state index is 11.4. The number of aliphatic carboxylic acids is 1. The molecule has 0 saturated heterocycles. The van der Waals surface area contributed by atoms with Crippen molar-refractivity contribution < 1.29 is 19.5 Å². The first-order valence-corrected chi connectivity index (χ1v) is 10.7. The first kappa shape index (κ1) is 22.8. The van der Waals surface area contributed by atoms with Gasteiger partial charge in [-0.1, -0.05) is 29.4 Å². The molecule has 0 unspecified atom stereocenters. The molecule has 156 valence electrons. The summed E-state index contributed by atoms with van der Waals surface area (Å²) in [5, 5.41) is 13.5. The molecule has 2 aromatic rings. The van der Waals surface area contributed by atoms with Crippen LogP contribution in [0.5, 0.6) is 5.75 Å². The zero-order valence-corrected chi connectivity index (χ0v) is 18.7. The number of carboxylic acid groups (broad SMARTS) is 1. The third-order valence-electron chi connectivity index (χ3n) is 4.67. The van der Waals surface area contributed by atoms with Gasteiger partial charge in [0.15, 0.2) is 5.60 Å². The van der Waals surface area contributed by atoms with Crippen LogP contribution >= 0.6 is 11.8 Å². The van der Waals surface area contributed by atoms with E-state index < -0.39 is 11.6 Å². The zero-order chi connectivity index (χ0) is 21.6. The molecule has 1 N–H and O–H groups in total. The highest BCUT2D eigenvalue weighted by Crippen LogP contribution is 2.29. The summed E-state index contributed by atoms with van der Waals surface area (Å²) in [4.78, 5) is 17.6. The molecule has 0 atom stereocenters. The highest BCUT2D eigenvalue weighted by atomic mass is 32.2. The third kappa shape index (κ3) is 6.00. The lowest BCUT2D eigenvalue weighted by Crippen LogP contribution is -2.38. The van der Waals surface area contributed by atoms with Crippen LogP contribution in [-0.4, -0.2) is 35.8 Å². The smallest absolute Gasteiger partial charge is 0.347 e. The molecule has 5 nitrogen and oxygen atoms in total. The number of benzene rings is 2. The first-order valence-electron chi connectivity index (χ1n) is 9.45. The second-order valence-electron chi connectivity index (χ2n) is 7.43. The van der Waals surface area contributed by atoms with Gasteiger partial charge in [-0.3, -0.25) is 0 Å². The summed E-state index contributed by atoms with van der Waals surface area (Å²) in [5.41, 5.74) is 3.64. The van der Waals surface area contributed by atoms with Gasteiger partial charge in [-0.25, -0.2) is 4.79 Å². The summed E-state index contributed by atoms with van der Waals surface area (Å²) in [5.74, 6) is -0.368. The number of thioether (sulfide) groups is 1. The molecule has 0 aliphatic heterocycles. The average Bonchev–Trinajstić information content (AvgIpc) is 2.68. The largest absolute Gasteiger partial charge is 0.478 e. The Morgan fingerprint density at radius 2 is 1.72 bits per heavy atom. The molecule has 0 aliphatic carbocycles. The molecule has 29 heavy (non-hydrogen) atoms. The molecule has 0 radical (unpaired) electrons. The van der Waals surface area contributed by atoms with Gasteiger partial charge in [-0.15, -0.1) is 11.8 Å². The molecule has 0 spiro atoms. The van der Waals surface area contributed by atoms with E-state index in [-0.39, 0.29) is 0 Å². The summed E-state index contributed by atoms with van der Waals surface area (Å²) < 4.78 is 5.79. The number of ether oxygens (including phenoxy) is 1. The van der Waals surface area contributed by atoms with Crippen molar-refractivity contribution in [2.75, 3.05) is 13.4 Å². The van der Waals surface area contributed by atoms with Gasteiger partial charge in [0.2, 0.25) is 0 Å². The Labute approximate surface area is 177 Å². The highest BCUT2D eigenvalue weighted by Gasteiger charge is 2.30. The molecule has 0 amide bonds. The van der Waals surface area contributed by atoms with E-state index in [1.54, 1.807) is 32.7 Å². The van der Waals surface area contributed by atoms with Gasteiger partial charge < -0.3 is 14.7 Å². The minimum absolute atomic E-state index is 0.625. The number of hydrogen-bond acceptors (Lipinski definition) is 5. The standard InChI is InChI=1S/C23H29NO4S/c1-15-13-17(14-16(2)21(15)28-23(3,4)22(25)26)7-12-20(24-27-5)18-8-10-19(29-6)11-9-18/h8-11,13-14H,7,12H2,1-6H3,(H,25,26). The van der Waals surface area contributed by atoms with E-state index >= 15 is 0 Å². The van der Waals surface area contributed by atoms with Gasteiger partial charge in [0.25, 0.3) is 0 Å². The number of aryl methyl sites for hydroxylation is 3. The van der Waals surface area contributed by atoms with Crippen molar-refractivity contribution in [1.82, 2.24) is 0 Å². The zero-order valence-electron chi connectivity index (χ0n) is 17.9. The molecule has 2 aromatic carbocycles. The van der Waals surface area contributed by atoms with Gasteiger partial charge in [0, 0.05) is 4.90 Å². The van der Waals surface area contributed by atoms with E-state index in [0.717, 1.165) is 40.8 Å². The monoisotopic (exact) mass is 415 g/mol. The molecular formula is C23H29NO4S. The topological polar surface area (TPSA) is 68.1 Å². The Hall–Kier alpha value is -2.47. The minimum atomic E-state index is -1.28. The van der Waals surface area contributed by atoms with Gasteiger partial charge in [0.05, 0.1) is 5.71 Å². The average molecular weight is 416 g/mol. The predicted octanol–water partition coefficient (Wildman–Crippen LogP) is 5.25. The summed E-state index contributed by atoms with van der Waals surface area (Å²) in [6.07, 6.45) is 3.57. The van der Waals surface area contributed by atoms with Gasteiger partial charge >= 0.3 is 5.97 Å². The van der Waals surface area contributed by atoms with Crippen molar-refractivity contribution in [1.29, 1.82) is 0 Å². The van der Waals surface area contributed by atoms with Crippen LogP contribution in [0.1, 0.15) is 42.5 Å². The SMILES string of the molecule is CON=C(CCc1cc(C)c(OC(C)(C)C(=O)O)c(C)c1)c1ccc(SC)cc1. The fraction of sp³-hybridized carbons (Fsp3) is 0.391. The van der Waals surface area contributed by atoms with Crippen LogP contribution in [0.3, 0.4) is 0 Å². The van der Waals surface area contributed by atoms with E-state index in [4.69, 9.17) is 9.57 Å². The van der Waals surface area contributed by atoms with Gasteiger partial charge in [0.1, 0.15) is 12.9 Å². The van der Waals surface area contributed by atoms with Crippen molar-refractivity contribution in [2.24, 2.45) is 5.16 Å². The molecule has 0 fully saturated rings. The highest BCUT2D eigenvalue weighted by molar-refractivity contribution is 7.98. The van der Waals surface area contributed by atoms with Gasteiger partial charge in [-0.2, -0.15) is 0 Å². The molecule has 2 rings (SSSR count). The quantitative estimate of drug-likeness (QED) is 0.344. The maximum Gasteiger partial charge on any atom is 0.347 e. The Bertz CT molecular complexity index is 865. The normalized spacial score (nSPS) is 12.0. The van der Waals surface area contributed by atoms with Crippen LogP contribution in [0, 0.1) is 13.8 Å². The maximum absolute atomic E-state index is 11.4. The van der Waals surface area contributed by atoms with Crippen molar-refractivity contribution in [3.8, 4) is 5.75 Å². The van der Waals surface area contributed by atoms with Gasteiger partial charge in [-0.05, 0) is 81.2 Å². The van der Waals surface area contributed by atoms with Crippen LogP contribution in [0.2, 0.25) is 0 Å². The molecule has 0 aromatic heterocycles. The van der Waals surface area contributed by atoms with Crippen LogP contribution in [0.4, 0.5) is 0 Å². The van der Waals surface area contributed by atoms with Crippen LogP contribution in [-0.2, 0) is 16.1 Å². The van der Waals surface area contributed by atoms with E-state index in [0.29, 0.717) is 5.75 Å². The Balaban J connectivity index is 2.18. The van der Waals surface area contributed by atoms with Crippen molar-refractivity contribution in [3.05, 3.63) is 58.7 Å². The lowest BCUT2D eigenvalue weighted by molar-refractivity contribution is -0.152. The Morgan fingerprint density at radius 3 is 2.21 bits per heavy atom. The third-order valence-corrected chi connectivity index (χ3v) is 5.41. The van der Waals surface area contributed by atoms with Crippen molar-refractivity contribution in [3.63, 3.8) is 0 Å². The van der Waals surface area contributed by atoms with Crippen LogP contribution in [0.15, 0.2) is 46.4 Å². The molecular weight excluding hydrogens is 386 g/mol. The number of hydrogen-bond donors (Lipinski definition) is 1. The summed E-state index contributed by atoms with van der Waals surface area (Å²) in [6, 6.07) is 12.4. The second kappa shape index (κ2) is 9.83. The first-order chi connectivity index (χ1) is 13.7. The second-order valence-corrected chi connectivity index (χ2v) is 8.30. The number of nitrogens with zero attached hydrogens (tertiary/aromatic N) is 1. The van der Waals surface area contributed by atoms with Crippen molar-refractivity contribution in [2.45, 2.75) is 51.0 Å². The van der Waals surface area contributed by atoms with Crippen LogP contribution in [0.25, 0.3) is 0 Å². The summed E-state index contributed by atoms with van der Waals surface area (Å²) in [7, 11) is 1.56. The number of oxime groups is 1. The fourth-order valence-corrected chi connectivity index (χ4v) is 3.45. The van der Waals surface area contributed by atoms with E-state index in [1.165, 1.54) is 4.90 Å². The summed E-state index contributed by atoms with van der Waals surface area (Å²) in [6.45, 7) is 6.99. The van der Waals surface area contributed by atoms with E-state index in [9.17, 15) is 9.90 Å².